The molecule has 2 amide bonds. The van der Waals surface area contributed by atoms with Crippen LogP contribution in [0.3, 0.4) is 0 Å². The molecule has 0 radical (unpaired) electrons. The molecular formula is C19H22ClN3O3. The van der Waals surface area contributed by atoms with Crippen LogP contribution in [-0.2, 0) is 4.79 Å². The van der Waals surface area contributed by atoms with Gasteiger partial charge in [0.1, 0.15) is 5.75 Å². The summed E-state index contributed by atoms with van der Waals surface area (Å²) in [5, 5.41) is 5.65. The molecule has 7 heteroatoms. The molecule has 0 bridgehead atoms. The fraction of sp³-hybridized carbons (Fsp3) is 0.263. The molecule has 0 aliphatic heterocycles. The van der Waals surface area contributed by atoms with E-state index >= 15 is 0 Å². The first-order valence-electron chi connectivity index (χ1n) is 8.13. The highest BCUT2D eigenvalue weighted by Crippen LogP contribution is 2.38. The van der Waals surface area contributed by atoms with Gasteiger partial charge >= 0.3 is 0 Å². The Morgan fingerprint density at radius 3 is 2.42 bits per heavy atom. The lowest BCUT2D eigenvalue weighted by atomic mass is 10.1. The van der Waals surface area contributed by atoms with Crippen LogP contribution in [0.5, 0.6) is 5.75 Å². The number of nitrogens with two attached hydrogens (primary N) is 1. The van der Waals surface area contributed by atoms with Crippen LogP contribution in [-0.4, -0.2) is 18.9 Å². The molecule has 6 nitrogen and oxygen atoms in total. The number of benzene rings is 2. The number of anilines is 3. The van der Waals surface area contributed by atoms with E-state index in [9.17, 15) is 9.59 Å². The van der Waals surface area contributed by atoms with Gasteiger partial charge in [0.05, 0.1) is 12.8 Å². The number of nitrogen functional groups attached to an aromatic ring is 1. The number of carbonyl (C=O) groups excluding carboxylic acids is 2. The Kier molecular flexibility index (Phi) is 6.10. The molecule has 2 atom stereocenters. The summed E-state index contributed by atoms with van der Waals surface area (Å²) in [6.07, 6.45) is 0.922. The van der Waals surface area contributed by atoms with Crippen molar-refractivity contribution < 1.29 is 14.3 Å². The van der Waals surface area contributed by atoms with Gasteiger partial charge in [-0.1, -0.05) is 13.0 Å². The maximum atomic E-state index is 12.4. The third-order valence-electron chi connectivity index (χ3n) is 4.33. The SMILES string of the molecule is COc1ccc(NC(=O)c2cccc(NC(=O)C3CC3C)c2)cc1N.Cl. The average Bonchev–Trinajstić information content (AvgIpc) is 3.32. The molecular weight excluding hydrogens is 354 g/mol. The van der Waals surface area contributed by atoms with Crippen molar-refractivity contribution in [2.24, 2.45) is 11.8 Å². The number of methoxy groups -OCH3 is 1. The van der Waals surface area contributed by atoms with Crippen molar-refractivity contribution in [2.45, 2.75) is 13.3 Å². The van der Waals surface area contributed by atoms with Crippen molar-refractivity contribution in [3.8, 4) is 5.75 Å². The Morgan fingerprint density at radius 1 is 1.12 bits per heavy atom. The lowest BCUT2D eigenvalue weighted by molar-refractivity contribution is -0.117. The maximum absolute atomic E-state index is 12.4. The number of ether oxygens (including phenoxy) is 1. The van der Waals surface area contributed by atoms with E-state index in [1.54, 1.807) is 42.5 Å². The molecule has 0 saturated heterocycles. The molecule has 2 aromatic rings. The second-order valence-electron chi connectivity index (χ2n) is 6.30. The van der Waals surface area contributed by atoms with Crippen LogP contribution in [0.4, 0.5) is 17.1 Å². The van der Waals surface area contributed by atoms with Crippen molar-refractivity contribution in [2.75, 3.05) is 23.5 Å². The monoisotopic (exact) mass is 375 g/mol. The Labute approximate surface area is 158 Å². The average molecular weight is 376 g/mol. The van der Waals surface area contributed by atoms with Gasteiger partial charge in [-0.15, -0.1) is 12.4 Å². The zero-order valence-corrected chi connectivity index (χ0v) is 15.4. The summed E-state index contributed by atoms with van der Waals surface area (Å²) in [6.45, 7) is 2.05. The van der Waals surface area contributed by atoms with Gasteiger partial charge in [0.15, 0.2) is 0 Å². The fourth-order valence-corrected chi connectivity index (χ4v) is 2.68. The van der Waals surface area contributed by atoms with E-state index < -0.39 is 0 Å². The van der Waals surface area contributed by atoms with E-state index in [0.717, 1.165) is 6.42 Å². The second-order valence-corrected chi connectivity index (χ2v) is 6.30. The molecule has 138 valence electrons. The standard InChI is InChI=1S/C19H21N3O3.ClH/c1-11-8-15(11)19(24)22-13-5-3-4-12(9-13)18(23)21-14-6-7-17(25-2)16(20)10-14;/h3-7,9-11,15H,8,20H2,1-2H3,(H,21,23)(H,22,24);1H. The van der Waals surface area contributed by atoms with Gasteiger partial charge in [0.2, 0.25) is 5.91 Å². The minimum Gasteiger partial charge on any atom is -0.495 e. The number of halogens is 1. The molecule has 0 heterocycles. The molecule has 1 saturated carbocycles. The largest absolute Gasteiger partial charge is 0.495 e. The highest BCUT2D eigenvalue weighted by atomic mass is 35.5. The summed E-state index contributed by atoms with van der Waals surface area (Å²) in [5.41, 5.74) is 7.94. The van der Waals surface area contributed by atoms with Crippen molar-refractivity contribution in [1.82, 2.24) is 0 Å². The summed E-state index contributed by atoms with van der Waals surface area (Å²) < 4.78 is 5.10. The first-order valence-corrected chi connectivity index (χ1v) is 8.13. The van der Waals surface area contributed by atoms with Gasteiger partial charge in [-0.2, -0.15) is 0 Å². The van der Waals surface area contributed by atoms with Gasteiger partial charge in [0, 0.05) is 22.9 Å². The normalized spacial score (nSPS) is 17.6. The molecule has 1 aliphatic rings. The predicted molar refractivity (Wildman–Crippen MR) is 105 cm³/mol. The topological polar surface area (TPSA) is 93.5 Å². The van der Waals surface area contributed by atoms with Crippen molar-refractivity contribution >= 4 is 41.3 Å². The summed E-state index contributed by atoms with van der Waals surface area (Å²) in [6, 6.07) is 11.9. The predicted octanol–water partition coefficient (Wildman–Crippen LogP) is 3.55. The summed E-state index contributed by atoms with van der Waals surface area (Å²) in [7, 11) is 1.53. The van der Waals surface area contributed by atoms with Crippen LogP contribution < -0.4 is 21.1 Å². The Balaban J connectivity index is 0.00000243. The number of hydrogen-bond acceptors (Lipinski definition) is 4. The van der Waals surface area contributed by atoms with Gasteiger partial charge < -0.3 is 21.1 Å². The quantitative estimate of drug-likeness (QED) is 0.696. The fourth-order valence-electron chi connectivity index (χ4n) is 2.68. The third-order valence-corrected chi connectivity index (χ3v) is 4.33. The van der Waals surface area contributed by atoms with E-state index in [1.807, 2.05) is 0 Å². The number of rotatable bonds is 5. The first kappa shape index (κ1) is 19.6. The van der Waals surface area contributed by atoms with Crippen LogP contribution in [0.25, 0.3) is 0 Å². The molecule has 1 fully saturated rings. The van der Waals surface area contributed by atoms with Crippen molar-refractivity contribution in [3.63, 3.8) is 0 Å². The van der Waals surface area contributed by atoms with E-state index in [-0.39, 0.29) is 30.1 Å². The van der Waals surface area contributed by atoms with E-state index in [4.69, 9.17) is 10.5 Å². The van der Waals surface area contributed by atoms with Crippen LogP contribution >= 0.6 is 12.4 Å². The summed E-state index contributed by atoms with van der Waals surface area (Å²) in [4.78, 5) is 24.4. The zero-order valence-electron chi connectivity index (χ0n) is 14.6. The Bertz CT molecular complexity index is 825. The minimum atomic E-state index is -0.277. The molecule has 0 aromatic heterocycles. The van der Waals surface area contributed by atoms with E-state index in [1.165, 1.54) is 7.11 Å². The van der Waals surface area contributed by atoms with Crippen molar-refractivity contribution in [1.29, 1.82) is 0 Å². The number of nitrogens with one attached hydrogen (secondary N) is 2. The minimum absolute atomic E-state index is 0. The van der Waals surface area contributed by atoms with Gasteiger partial charge in [-0.25, -0.2) is 0 Å². The highest BCUT2D eigenvalue weighted by Gasteiger charge is 2.39. The third kappa shape index (κ3) is 4.46. The van der Waals surface area contributed by atoms with Crippen molar-refractivity contribution in [3.05, 3.63) is 48.0 Å². The number of hydrogen-bond donors (Lipinski definition) is 3. The second kappa shape index (κ2) is 8.10. The zero-order chi connectivity index (χ0) is 18.0. The van der Waals surface area contributed by atoms with Crippen LogP contribution in [0.2, 0.25) is 0 Å². The summed E-state index contributed by atoms with van der Waals surface area (Å²) in [5.74, 6) is 0.803. The number of carbonyl (C=O) groups is 2. The number of amides is 2. The molecule has 2 aromatic carbocycles. The van der Waals surface area contributed by atoms with Gasteiger partial charge in [-0.05, 0) is 48.7 Å². The lowest BCUT2D eigenvalue weighted by Crippen LogP contribution is -2.16. The smallest absolute Gasteiger partial charge is 0.255 e. The Hall–Kier alpha value is -2.73. The van der Waals surface area contributed by atoms with Gasteiger partial charge in [0.25, 0.3) is 5.91 Å². The highest BCUT2D eigenvalue weighted by molar-refractivity contribution is 6.05. The Morgan fingerprint density at radius 2 is 1.81 bits per heavy atom. The maximum Gasteiger partial charge on any atom is 0.255 e. The molecule has 1 aliphatic carbocycles. The van der Waals surface area contributed by atoms with Gasteiger partial charge in [-0.3, -0.25) is 9.59 Å². The summed E-state index contributed by atoms with van der Waals surface area (Å²) >= 11 is 0. The van der Waals surface area contributed by atoms with E-state index in [2.05, 4.69) is 17.6 Å². The molecule has 2 unspecified atom stereocenters. The lowest BCUT2D eigenvalue weighted by Gasteiger charge is -2.10. The van der Waals surface area contributed by atoms with Crippen LogP contribution in [0.15, 0.2) is 42.5 Å². The van der Waals surface area contributed by atoms with Crippen LogP contribution in [0.1, 0.15) is 23.7 Å². The molecule has 0 spiro atoms. The molecule has 4 N–H and O–H groups in total. The van der Waals surface area contributed by atoms with Crippen LogP contribution in [0, 0.1) is 11.8 Å². The molecule has 3 rings (SSSR count). The van der Waals surface area contributed by atoms with E-state index in [0.29, 0.717) is 34.3 Å². The first-order chi connectivity index (χ1) is 12.0. The molecule has 26 heavy (non-hydrogen) atoms.